The summed E-state index contributed by atoms with van der Waals surface area (Å²) in [6.07, 6.45) is 0. The van der Waals surface area contributed by atoms with Crippen molar-refractivity contribution in [1.29, 1.82) is 0 Å². The Balaban J connectivity index is 1.90. The van der Waals surface area contributed by atoms with E-state index in [0.29, 0.717) is 5.69 Å². The number of benzene rings is 2. The normalized spacial score (nSPS) is 13.8. The molecular weight excluding hydrogens is 428 g/mol. The van der Waals surface area contributed by atoms with Crippen LogP contribution in [0.2, 0.25) is 0 Å². The van der Waals surface area contributed by atoms with E-state index in [9.17, 15) is 35.1 Å². The van der Waals surface area contributed by atoms with E-state index < -0.39 is 32.4 Å². The number of carbonyl (C=O) groups excluding carboxylic acids is 1. The standard InChI is InChI=1S/C17H14N8O7/c18-22-15(17(26)20-9-1-3-10(4-2-9)23(27)28)16(25(31)32)14-8-19-12-6-5-11(24(29)30)7-13(12)21-14/h1-7,16,19H,8,18H2,(H,20,26)/b22-15-. The first-order valence-electron chi connectivity index (χ1n) is 8.78. The Kier molecular flexibility index (Phi) is 6.00. The summed E-state index contributed by atoms with van der Waals surface area (Å²) in [5.74, 6) is 4.25. The molecule has 2 aromatic carbocycles. The highest BCUT2D eigenvalue weighted by Gasteiger charge is 2.39. The van der Waals surface area contributed by atoms with E-state index in [1.165, 1.54) is 24.3 Å². The quantitative estimate of drug-likeness (QED) is 0.245. The molecule has 1 amide bonds. The molecule has 0 saturated heterocycles. The molecule has 0 spiro atoms. The number of nitrogens with two attached hydrogens (primary N) is 1. The van der Waals surface area contributed by atoms with Gasteiger partial charge in [0.05, 0.1) is 27.8 Å². The Bertz CT molecular complexity index is 1180. The van der Waals surface area contributed by atoms with Crippen LogP contribution in [0, 0.1) is 30.3 Å². The van der Waals surface area contributed by atoms with Crippen molar-refractivity contribution in [2.75, 3.05) is 17.2 Å². The van der Waals surface area contributed by atoms with Crippen LogP contribution < -0.4 is 16.5 Å². The van der Waals surface area contributed by atoms with E-state index in [-0.39, 0.29) is 35.0 Å². The fraction of sp³-hybridized carbons (Fsp3) is 0.118. The number of rotatable bonds is 7. The maximum Gasteiger partial charge on any atom is 0.301 e. The number of nitrogens with one attached hydrogen (secondary N) is 2. The number of nitrogens with zero attached hydrogens (tertiary/aromatic N) is 5. The molecule has 0 aliphatic carbocycles. The Morgan fingerprint density at radius 1 is 1.06 bits per heavy atom. The van der Waals surface area contributed by atoms with Crippen LogP contribution in [0.15, 0.2) is 52.6 Å². The van der Waals surface area contributed by atoms with Gasteiger partial charge in [-0.05, 0) is 18.2 Å². The topological polar surface area (TPSA) is 221 Å². The smallest absolute Gasteiger partial charge is 0.301 e. The van der Waals surface area contributed by atoms with Crippen LogP contribution in [0.1, 0.15) is 0 Å². The molecule has 0 fully saturated rings. The number of anilines is 2. The van der Waals surface area contributed by atoms with Crippen molar-refractivity contribution in [2.24, 2.45) is 15.9 Å². The molecular formula is C17H14N8O7. The number of amides is 1. The summed E-state index contributed by atoms with van der Waals surface area (Å²) in [7, 11) is 0. The van der Waals surface area contributed by atoms with E-state index in [0.717, 1.165) is 18.2 Å². The molecule has 2 aromatic rings. The molecule has 1 atom stereocenters. The molecule has 0 radical (unpaired) electrons. The summed E-state index contributed by atoms with van der Waals surface area (Å²) in [4.78, 5) is 48.1. The first-order chi connectivity index (χ1) is 15.2. The van der Waals surface area contributed by atoms with Gasteiger partial charge < -0.3 is 16.5 Å². The number of hydrogen-bond acceptors (Lipinski definition) is 11. The third kappa shape index (κ3) is 4.45. The molecule has 0 saturated carbocycles. The summed E-state index contributed by atoms with van der Waals surface area (Å²) >= 11 is 0. The van der Waals surface area contributed by atoms with Gasteiger partial charge >= 0.3 is 6.04 Å². The number of carbonyl (C=O) groups is 1. The van der Waals surface area contributed by atoms with E-state index in [1.54, 1.807) is 0 Å². The lowest BCUT2D eigenvalue weighted by molar-refractivity contribution is -0.484. The van der Waals surface area contributed by atoms with Crippen molar-refractivity contribution in [3.05, 3.63) is 72.8 Å². The third-order valence-electron chi connectivity index (χ3n) is 4.41. The lowest BCUT2D eigenvalue weighted by Gasteiger charge is -2.20. The monoisotopic (exact) mass is 442 g/mol. The van der Waals surface area contributed by atoms with E-state index in [4.69, 9.17) is 5.84 Å². The molecule has 15 heteroatoms. The second-order valence-electron chi connectivity index (χ2n) is 6.38. The minimum Gasteiger partial charge on any atom is -0.378 e. The summed E-state index contributed by atoms with van der Waals surface area (Å²) in [6.45, 7) is -0.139. The van der Waals surface area contributed by atoms with Crippen LogP contribution >= 0.6 is 0 Å². The van der Waals surface area contributed by atoms with Gasteiger partial charge in [0.2, 0.25) is 5.71 Å². The van der Waals surface area contributed by atoms with Crippen LogP contribution in [0.3, 0.4) is 0 Å². The zero-order valence-electron chi connectivity index (χ0n) is 16.0. The van der Waals surface area contributed by atoms with Gasteiger partial charge in [0, 0.05) is 34.9 Å². The summed E-state index contributed by atoms with van der Waals surface area (Å²) in [6, 6.07) is 6.70. The number of fused-ring (bicyclic) bond motifs is 1. The first kappa shape index (κ1) is 21.8. The highest BCUT2D eigenvalue weighted by molar-refractivity contribution is 6.48. The maximum atomic E-state index is 12.6. The van der Waals surface area contributed by atoms with E-state index >= 15 is 0 Å². The molecule has 3 rings (SSSR count). The second-order valence-corrected chi connectivity index (χ2v) is 6.38. The van der Waals surface area contributed by atoms with Crippen molar-refractivity contribution >= 4 is 45.8 Å². The van der Waals surface area contributed by atoms with E-state index in [2.05, 4.69) is 20.7 Å². The van der Waals surface area contributed by atoms with Crippen molar-refractivity contribution in [2.45, 2.75) is 6.04 Å². The van der Waals surface area contributed by atoms with Gasteiger partial charge in [-0.15, -0.1) is 0 Å². The lowest BCUT2D eigenvalue weighted by atomic mass is 10.0. The van der Waals surface area contributed by atoms with E-state index in [1.807, 2.05) is 0 Å². The average Bonchev–Trinajstić information content (AvgIpc) is 2.76. The van der Waals surface area contributed by atoms with Gasteiger partial charge in [0.1, 0.15) is 5.71 Å². The van der Waals surface area contributed by atoms with Crippen LogP contribution in [0.5, 0.6) is 0 Å². The molecule has 0 bridgehead atoms. The molecule has 1 aliphatic rings. The zero-order valence-corrected chi connectivity index (χ0v) is 16.0. The fourth-order valence-corrected chi connectivity index (χ4v) is 2.91. The molecule has 4 N–H and O–H groups in total. The number of aliphatic imine (C=N–C) groups is 1. The average molecular weight is 442 g/mol. The molecule has 164 valence electrons. The van der Waals surface area contributed by atoms with Crippen LogP contribution in [0.4, 0.5) is 28.4 Å². The molecule has 15 nitrogen and oxygen atoms in total. The maximum absolute atomic E-state index is 12.6. The minimum absolute atomic E-state index is 0.0828. The van der Waals surface area contributed by atoms with Crippen molar-refractivity contribution < 1.29 is 19.6 Å². The largest absolute Gasteiger partial charge is 0.378 e. The number of nitro benzene ring substituents is 2. The summed E-state index contributed by atoms with van der Waals surface area (Å²) in [5, 5.41) is 41.9. The summed E-state index contributed by atoms with van der Waals surface area (Å²) < 4.78 is 0. The minimum atomic E-state index is -1.85. The van der Waals surface area contributed by atoms with Crippen LogP contribution in [0.25, 0.3) is 0 Å². The lowest BCUT2D eigenvalue weighted by Crippen LogP contribution is -2.47. The highest BCUT2D eigenvalue weighted by Crippen LogP contribution is 2.32. The van der Waals surface area contributed by atoms with Crippen molar-refractivity contribution in [3.8, 4) is 0 Å². The van der Waals surface area contributed by atoms with Crippen LogP contribution in [-0.2, 0) is 4.79 Å². The zero-order chi connectivity index (χ0) is 23.4. The number of nitro groups is 3. The van der Waals surface area contributed by atoms with Crippen molar-refractivity contribution in [3.63, 3.8) is 0 Å². The van der Waals surface area contributed by atoms with Gasteiger partial charge in [0.25, 0.3) is 17.3 Å². The molecule has 1 aliphatic heterocycles. The van der Waals surface area contributed by atoms with Gasteiger partial charge in [-0.25, -0.2) is 4.99 Å². The van der Waals surface area contributed by atoms with Crippen LogP contribution in [-0.4, -0.2) is 44.7 Å². The summed E-state index contributed by atoms with van der Waals surface area (Å²) in [5.41, 5.74) is -0.684. The number of hydrazone groups is 1. The molecule has 32 heavy (non-hydrogen) atoms. The number of non-ortho nitro benzene ring substituents is 2. The second kappa shape index (κ2) is 8.82. The Morgan fingerprint density at radius 2 is 1.69 bits per heavy atom. The fourth-order valence-electron chi connectivity index (χ4n) is 2.91. The van der Waals surface area contributed by atoms with Crippen molar-refractivity contribution in [1.82, 2.24) is 0 Å². The highest BCUT2D eigenvalue weighted by atomic mass is 16.6. The number of hydrogen-bond donors (Lipinski definition) is 3. The van der Waals surface area contributed by atoms with Gasteiger partial charge in [-0.3, -0.25) is 35.1 Å². The predicted octanol–water partition coefficient (Wildman–Crippen LogP) is 1.60. The van der Waals surface area contributed by atoms with Gasteiger partial charge in [-0.2, -0.15) is 5.10 Å². The Morgan fingerprint density at radius 3 is 2.25 bits per heavy atom. The Hall–Kier alpha value is -4.95. The molecule has 0 aromatic heterocycles. The molecule has 1 unspecified atom stereocenters. The van der Waals surface area contributed by atoms with Gasteiger partial charge in [-0.1, -0.05) is 0 Å². The third-order valence-corrected chi connectivity index (χ3v) is 4.41. The Labute approximate surface area is 178 Å². The molecule has 1 heterocycles. The van der Waals surface area contributed by atoms with Gasteiger partial charge in [0.15, 0.2) is 0 Å². The SMILES string of the molecule is N/N=C(\C(=O)Nc1ccc([N+](=O)[O-])cc1)C(C1=Nc2cc([N+](=O)[O-])ccc2NC1)[N+](=O)[O-]. The predicted molar refractivity (Wildman–Crippen MR) is 113 cm³/mol. The first-order valence-corrected chi connectivity index (χ1v) is 8.78.